The van der Waals surface area contributed by atoms with Crippen molar-refractivity contribution < 1.29 is 15.0 Å². The smallest absolute Gasteiger partial charge is 0.339 e. The minimum atomic E-state index is -1.17. The summed E-state index contributed by atoms with van der Waals surface area (Å²) >= 11 is 0. The number of aromatic nitrogens is 1. The molecule has 4 rings (SSSR count). The van der Waals surface area contributed by atoms with Crippen molar-refractivity contribution in [2.24, 2.45) is 0 Å². The topological polar surface area (TPSA) is 85.3 Å². The third kappa shape index (κ3) is 2.65. The van der Waals surface area contributed by atoms with Crippen LogP contribution in [0.4, 0.5) is 5.69 Å². The summed E-state index contributed by atoms with van der Waals surface area (Å²) in [5.41, 5.74) is 2.78. The molecule has 3 aromatic carbocycles. The summed E-state index contributed by atoms with van der Waals surface area (Å²) in [6.45, 7) is 0. The number of aromatic hydroxyl groups is 1. The molecule has 128 valence electrons. The maximum Gasteiger partial charge on any atom is 0.339 e. The summed E-state index contributed by atoms with van der Waals surface area (Å²) in [5, 5.41) is 24.7. The molecule has 5 nitrogen and oxygen atoms in total. The van der Waals surface area contributed by atoms with E-state index in [4.69, 9.17) is 0 Å². The fourth-order valence-corrected chi connectivity index (χ4v) is 3.08. The molecule has 0 spiro atoms. The zero-order valence-corrected chi connectivity index (χ0v) is 13.7. The monoisotopic (exact) mass is 344 g/mol. The van der Waals surface area contributed by atoms with Crippen LogP contribution in [0.1, 0.15) is 15.9 Å². The Balaban J connectivity index is 1.88. The van der Waals surface area contributed by atoms with Gasteiger partial charge in [-0.2, -0.15) is 0 Å². The third-order valence-corrected chi connectivity index (χ3v) is 4.32. The molecule has 0 aliphatic heterocycles. The second-order valence-corrected chi connectivity index (χ2v) is 5.93. The fraction of sp³-hybridized carbons (Fsp3) is 0. The molecule has 0 saturated carbocycles. The number of fused-ring (bicyclic) bond motifs is 3. The van der Waals surface area contributed by atoms with E-state index in [1.807, 2.05) is 54.6 Å². The van der Waals surface area contributed by atoms with Gasteiger partial charge in [0.2, 0.25) is 0 Å². The Kier molecular flexibility index (Phi) is 3.82. The zero-order valence-electron chi connectivity index (χ0n) is 13.7. The van der Waals surface area contributed by atoms with Crippen molar-refractivity contribution in [2.45, 2.75) is 0 Å². The third-order valence-electron chi connectivity index (χ3n) is 4.32. The number of carboxylic acid groups (broad SMARTS) is 1. The Bertz CT molecular complexity index is 1140. The highest BCUT2D eigenvalue weighted by Crippen LogP contribution is 2.36. The molecule has 0 amide bonds. The van der Waals surface area contributed by atoms with E-state index in [9.17, 15) is 15.0 Å². The number of para-hydroxylation sites is 2. The van der Waals surface area contributed by atoms with Gasteiger partial charge in [-0.1, -0.05) is 36.4 Å². The maximum atomic E-state index is 11.6. The van der Waals surface area contributed by atoms with E-state index in [1.165, 1.54) is 6.07 Å². The van der Waals surface area contributed by atoms with E-state index in [2.05, 4.69) is 10.3 Å². The first-order chi connectivity index (χ1) is 12.6. The molecule has 0 aliphatic rings. The van der Waals surface area contributed by atoms with Gasteiger partial charge in [0.15, 0.2) is 0 Å². The van der Waals surface area contributed by atoms with Crippen LogP contribution in [0.5, 0.6) is 5.75 Å². The summed E-state index contributed by atoms with van der Waals surface area (Å²) in [7, 11) is 0. The Morgan fingerprint density at radius 2 is 1.73 bits per heavy atom. The number of benzene rings is 3. The molecule has 0 saturated heterocycles. The van der Waals surface area contributed by atoms with Gasteiger partial charge in [0.05, 0.1) is 5.52 Å². The lowest BCUT2D eigenvalue weighted by atomic mass is 10.0. The van der Waals surface area contributed by atoms with E-state index < -0.39 is 5.97 Å². The number of carbonyl (C=O) groups is 1. The predicted molar refractivity (Wildman–Crippen MR) is 104 cm³/mol. The summed E-state index contributed by atoms with van der Waals surface area (Å²) in [6.07, 6.45) is 3.35. The van der Waals surface area contributed by atoms with Crippen molar-refractivity contribution in [3.8, 4) is 5.75 Å². The van der Waals surface area contributed by atoms with Crippen LogP contribution in [0.25, 0.3) is 27.9 Å². The summed E-state index contributed by atoms with van der Waals surface area (Å²) in [4.78, 5) is 14.8. The summed E-state index contributed by atoms with van der Waals surface area (Å²) in [5.74, 6) is -1.43. The first-order valence-electron chi connectivity index (χ1n) is 8.13. The number of aromatic carboxylic acids is 1. The normalized spacial score (nSPS) is 11.4. The number of rotatable bonds is 4. The molecule has 4 aromatic rings. The minimum absolute atomic E-state index is 0.124. The van der Waals surface area contributed by atoms with Crippen LogP contribution in [-0.4, -0.2) is 21.2 Å². The van der Waals surface area contributed by atoms with Crippen molar-refractivity contribution in [3.05, 3.63) is 78.0 Å². The van der Waals surface area contributed by atoms with E-state index in [-0.39, 0.29) is 11.3 Å². The molecule has 1 aromatic heterocycles. The Morgan fingerprint density at radius 3 is 2.50 bits per heavy atom. The highest BCUT2D eigenvalue weighted by Gasteiger charge is 2.18. The quantitative estimate of drug-likeness (QED) is 0.428. The van der Waals surface area contributed by atoms with Crippen molar-refractivity contribution >= 4 is 39.5 Å². The lowest BCUT2D eigenvalue weighted by Gasteiger charge is -2.07. The highest BCUT2D eigenvalue weighted by molar-refractivity contribution is 6.13. The van der Waals surface area contributed by atoms with E-state index in [1.54, 1.807) is 12.3 Å². The van der Waals surface area contributed by atoms with Gasteiger partial charge in [0, 0.05) is 33.7 Å². The number of H-pyrrole nitrogens is 1. The number of aromatic amines is 1. The van der Waals surface area contributed by atoms with Crippen LogP contribution in [0, 0.1) is 0 Å². The van der Waals surface area contributed by atoms with Crippen LogP contribution in [0.3, 0.4) is 0 Å². The molecule has 5 heteroatoms. The summed E-state index contributed by atoms with van der Waals surface area (Å²) < 4.78 is 0. The second kappa shape index (κ2) is 6.29. The minimum Gasteiger partial charge on any atom is -0.506 e. The molecule has 26 heavy (non-hydrogen) atoms. The Labute approximate surface area is 149 Å². The van der Waals surface area contributed by atoms with E-state index >= 15 is 0 Å². The molecule has 0 atom stereocenters. The van der Waals surface area contributed by atoms with Crippen molar-refractivity contribution in [3.63, 3.8) is 0 Å². The number of anilines is 1. The lowest BCUT2D eigenvalue weighted by Crippen LogP contribution is -1.98. The van der Waals surface area contributed by atoms with Crippen molar-refractivity contribution in [1.82, 2.24) is 4.98 Å². The van der Waals surface area contributed by atoms with Gasteiger partial charge in [-0.15, -0.1) is 0 Å². The molecule has 0 radical (unpaired) electrons. The van der Waals surface area contributed by atoms with Gasteiger partial charge in [-0.3, -0.25) is 0 Å². The zero-order chi connectivity index (χ0) is 18.1. The highest BCUT2D eigenvalue weighted by atomic mass is 16.4. The van der Waals surface area contributed by atoms with Gasteiger partial charge in [-0.05, 0) is 30.3 Å². The standard InChI is InChI=1S/C21H16N2O3/c24-20-15(10-11-22-13-6-2-1-3-7-13)19-16(12-17(20)21(25)26)14-8-4-5-9-18(14)23-19/h1-12,22-24H,(H,25,26)/b11-10+. The molecular formula is C21H16N2O3. The predicted octanol–water partition coefficient (Wildman–Crippen LogP) is 4.81. The number of carboxylic acids is 1. The number of phenols is 1. The molecule has 4 N–H and O–H groups in total. The molecule has 0 bridgehead atoms. The van der Waals surface area contributed by atoms with Gasteiger partial charge < -0.3 is 20.5 Å². The summed E-state index contributed by atoms with van der Waals surface area (Å²) in [6, 6.07) is 18.7. The van der Waals surface area contributed by atoms with Crippen molar-refractivity contribution in [1.29, 1.82) is 0 Å². The molecule has 1 heterocycles. The lowest BCUT2D eigenvalue weighted by molar-refractivity contribution is 0.0694. The fourth-order valence-electron chi connectivity index (χ4n) is 3.08. The van der Waals surface area contributed by atoms with Crippen LogP contribution < -0.4 is 5.32 Å². The second-order valence-electron chi connectivity index (χ2n) is 5.93. The SMILES string of the molecule is O=C(O)c1cc2c([nH]c3ccccc32)c(/C=C/Nc2ccccc2)c1O. The van der Waals surface area contributed by atoms with E-state index in [0.29, 0.717) is 11.1 Å². The van der Waals surface area contributed by atoms with Gasteiger partial charge in [0.25, 0.3) is 0 Å². The van der Waals surface area contributed by atoms with Gasteiger partial charge in [0.1, 0.15) is 11.3 Å². The van der Waals surface area contributed by atoms with Gasteiger partial charge in [-0.25, -0.2) is 4.79 Å². The number of hydrogen-bond acceptors (Lipinski definition) is 3. The van der Waals surface area contributed by atoms with Crippen molar-refractivity contribution in [2.75, 3.05) is 5.32 Å². The maximum absolute atomic E-state index is 11.6. The average Bonchev–Trinajstić information content (AvgIpc) is 3.02. The molecule has 0 unspecified atom stereocenters. The Hall–Kier alpha value is -3.73. The Morgan fingerprint density at radius 1 is 1.00 bits per heavy atom. The number of nitrogens with one attached hydrogen (secondary N) is 2. The first kappa shape index (κ1) is 15.8. The van der Waals surface area contributed by atoms with Crippen LogP contribution in [-0.2, 0) is 0 Å². The first-order valence-corrected chi connectivity index (χ1v) is 8.13. The molecule has 0 aliphatic carbocycles. The molecular weight excluding hydrogens is 328 g/mol. The van der Waals surface area contributed by atoms with E-state index in [0.717, 1.165) is 22.0 Å². The molecule has 0 fully saturated rings. The largest absolute Gasteiger partial charge is 0.506 e. The van der Waals surface area contributed by atoms with Crippen LogP contribution in [0.15, 0.2) is 66.9 Å². The van der Waals surface area contributed by atoms with Crippen LogP contribution >= 0.6 is 0 Å². The van der Waals surface area contributed by atoms with Crippen LogP contribution in [0.2, 0.25) is 0 Å². The average molecular weight is 344 g/mol. The number of hydrogen-bond donors (Lipinski definition) is 4. The van der Waals surface area contributed by atoms with Gasteiger partial charge >= 0.3 is 5.97 Å².